The quantitative estimate of drug-likeness (QED) is 0.561. The lowest BCUT2D eigenvalue weighted by atomic mass is 9.95. The van der Waals surface area contributed by atoms with Gasteiger partial charge in [-0.25, -0.2) is 4.98 Å². The molecule has 0 amide bonds. The highest BCUT2D eigenvalue weighted by Gasteiger charge is 2.18. The second-order valence-corrected chi connectivity index (χ2v) is 5.98. The Morgan fingerprint density at radius 2 is 2.04 bits per heavy atom. The fourth-order valence-corrected chi connectivity index (χ4v) is 3.18. The number of fused-ring (bicyclic) bond motifs is 2. The maximum absolute atomic E-state index is 11.1. The molecule has 0 saturated heterocycles. The number of nitrogens with one attached hydrogen (secondary N) is 2. The average molecular weight is 304 g/mol. The van der Waals surface area contributed by atoms with E-state index in [-0.39, 0.29) is 0 Å². The van der Waals surface area contributed by atoms with Crippen LogP contribution in [0.4, 0.5) is 0 Å². The highest BCUT2D eigenvalue weighted by molar-refractivity contribution is 5.99. The monoisotopic (exact) mass is 304 g/mol. The standard InChI is InChI=1S/C18H16N4O/c1-10(2)16-13-7-11(9-23)3-4-15(13)21-17(16)12-5-6-19-18-14(12)8-20-22-18/h3-10,21H,1-2H3,(H,19,20,22). The minimum absolute atomic E-state index is 0.316. The van der Waals surface area contributed by atoms with Crippen LogP contribution in [-0.2, 0) is 0 Å². The van der Waals surface area contributed by atoms with Gasteiger partial charge >= 0.3 is 0 Å². The van der Waals surface area contributed by atoms with Gasteiger partial charge in [0.2, 0.25) is 0 Å². The number of H-pyrrole nitrogens is 2. The van der Waals surface area contributed by atoms with E-state index in [9.17, 15) is 4.79 Å². The minimum atomic E-state index is 0.316. The summed E-state index contributed by atoms with van der Waals surface area (Å²) in [5.41, 5.74) is 5.82. The third-order valence-electron chi connectivity index (χ3n) is 4.20. The van der Waals surface area contributed by atoms with Crippen molar-refractivity contribution in [1.29, 1.82) is 0 Å². The summed E-state index contributed by atoms with van der Waals surface area (Å²) in [6, 6.07) is 7.74. The van der Waals surface area contributed by atoms with Crippen LogP contribution in [0.15, 0.2) is 36.7 Å². The van der Waals surface area contributed by atoms with Crippen molar-refractivity contribution in [2.75, 3.05) is 0 Å². The molecule has 0 radical (unpaired) electrons. The van der Waals surface area contributed by atoms with Crippen molar-refractivity contribution in [3.05, 3.63) is 47.8 Å². The van der Waals surface area contributed by atoms with Crippen molar-refractivity contribution in [3.8, 4) is 11.3 Å². The van der Waals surface area contributed by atoms with E-state index < -0.39 is 0 Å². The summed E-state index contributed by atoms with van der Waals surface area (Å²) in [6.07, 6.45) is 4.46. The molecule has 0 aliphatic carbocycles. The smallest absolute Gasteiger partial charge is 0.155 e. The van der Waals surface area contributed by atoms with Gasteiger partial charge in [-0.2, -0.15) is 5.10 Å². The van der Waals surface area contributed by atoms with Gasteiger partial charge in [0.05, 0.1) is 11.9 Å². The number of carbonyl (C=O) groups is 1. The Kier molecular flexibility index (Phi) is 3.01. The molecule has 23 heavy (non-hydrogen) atoms. The first-order valence-electron chi connectivity index (χ1n) is 7.58. The first kappa shape index (κ1) is 13.7. The van der Waals surface area contributed by atoms with E-state index in [4.69, 9.17) is 0 Å². The summed E-state index contributed by atoms with van der Waals surface area (Å²) >= 11 is 0. The molecular weight excluding hydrogens is 288 g/mol. The van der Waals surface area contributed by atoms with Gasteiger partial charge in [0.15, 0.2) is 5.65 Å². The number of hydrogen-bond acceptors (Lipinski definition) is 3. The normalized spacial score (nSPS) is 11.6. The van der Waals surface area contributed by atoms with E-state index >= 15 is 0 Å². The van der Waals surface area contributed by atoms with Crippen molar-refractivity contribution in [2.45, 2.75) is 19.8 Å². The summed E-state index contributed by atoms with van der Waals surface area (Å²) in [7, 11) is 0. The molecule has 3 aromatic heterocycles. The second kappa shape index (κ2) is 5.05. The zero-order valence-corrected chi connectivity index (χ0v) is 12.9. The topological polar surface area (TPSA) is 74.4 Å². The van der Waals surface area contributed by atoms with Gasteiger partial charge in [0.25, 0.3) is 0 Å². The lowest BCUT2D eigenvalue weighted by Gasteiger charge is -2.09. The number of pyridine rings is 1. The first-order valence-corrected chi connectivity index (χ1v) is 7.58. The zero-order chi connectivity index (χ0) is 16.0. The lowest BCUT2D eigenvalue weighted by molar-refractivity contribution is 0.112. The summed E-state index contributed by atoms with van der Waals surface area (Å²) in [5, 5.41) is 9.08. The molecule has 114 valence electrons. The Morgan fingerprint density at radius 1 is 1.17 bits per heavy atom. The van der Waals surface area contributed by atoms with Crippen LogP contribution in [-0.4, -0.2) is 26.5 Å². The fourth-order valence-electron chi connectivity index (χ4n) is 3.18. The SMILES string of the molecule is CC(C)c1c(-c2ccnc3[nH]ncc23)[nH]c2ccc(C=O)cc12. The van der Waals surface area contributed by atoms with Crippen molar-refractivity contribution in [1.82, 2.24) is 20.2 Å². The number of aldehydes is 1. The maximum atomic E-state index is 11.1. The van der Waals surface area contributed by atoms with Gasteiger partial charge < -0.3 is 4.98 Å². The number of hydrogen-bond donors (Lipinski definition) is 2. The largest absolute Gasteiger partial charge is 0.354 e. The molecule has 0 aliphatic rings. The molecule has 2 N–H and O–H groups in total. The van der Waals surface area contributed by atoms with Crippen LogP contribution in [0.1, 0.15) is 35.7 Å². The number of aromatic amines is 2. The van der Waals surface area contributed by atoms with Gasteiger partial charge in [0.1, 0.15) is 6.29 Å². The molecule has 0 bridgehead atoms. The van der Waals surface area contributed by atoms with E-state index in [0.29, 0.717) is 11.5 Å². The Labute approximate surface area is 132 Å². The van der Waals surface area contributed by atoms with Gasteiger partial charge in [-0.1, -0.05) is 13.8 Å². The van der Waals surface area contributed by atoms with Gasteiger partial charge in [-0.05, 0) is 35.7 Å². The Balaban J connectivity index is 2.08. The summed E-state index contributed by atoms with van der Waals surface area (Å²) < 4.78 is 0. The molecule has 4 aromatic rings. The first-order chi connectivity index (χ1) is 11.2. The predicted molar refractivity (Wildman–Crippen MR) is 90.7 cm³/mol. The lowest BCUT2D eigenvalue weighted by Crippen LogP contribution is -1.91. The van der Waals surface area contributed by atoms with Crippen LogP contribution in [0.5, 0.6) is 0 Å². The summed E-state index contributed by atoms with van der Waals surface area (Å²) in [6.45, 7) is 4.32. The molecule has 0 atom stereocenters. The third kappa shape index (κ3) is 2.04. The minimum Gasteiger partial charge on any atom is -0.354 e. The van der Waals surface area contributed by atoms with Crippen LogP contribution in [0.3, 0.4) is 0 Å². The van der Waals surface area contributed by atoms with Crippen LogP contribution in [0.25, 0.3) is 33.2 Å². The van der Waals surface area contributed by atoms with E-state index in [1.807, 2.05) is 24.3 Å². The maximum Gasteiger partial charge on any atom is 0.155 e. The highest BCUT2D eigenvalue weighted by atomic mass is 16.1. The Bertz CT molecular complexity index is 1030. The highest BCUT2D eigenvalue weighted by Crippen LogP contribution is 2.37. The molecule has 0 fully saturated rings. The predicted octanol–water partition coefficient (Wildman–Crippen LogP) is 4.04. The average Bonchev–Trinajstić information content (AvgIpc) is 3.17. The number of aromatic nitrogens is 4. The molecule has 0 spiro atoms. The van der Waals surface area contributed by atoms with Crippen molar-refractivity contribution in [3.63, 3.8) is 0 Å². The summed E-state index contributed by atoms with van der Waals surface area (Å²) in [4.78, 5) is 18.9. The van der Waals surface area contributed by atoms with Crippen molar-refractivity contribution < 1.29 is 4.79 Å². The number of nitrogens with zero attached hydrogens (tertiary/aromatic N) is 2. The third-order valence-corrected chi connectivity index (χ3v) is 4.20. The number of carbonyl (C=O) groups excluding carboxylic acids is 1. The molecule has 0 aliphatic heterocycles. The molecule has 0 unspecified atom stereocenters. The van der Waals surface area contributed by atoms with E-state index in [0.717, 1.165) is 39.5 Å². The number of benzene rings is 1. The number of rotatable bonds is 3. The van der Waals surface area contributed by atoms with Gasteiger partial charge in [-0.3, -0.25) is 9.89 Å². The van der Waals surface area contributed by atoms with E-state index in [2.05, 4.69) is 34.0 Å². The molecule has 3 heterocycles. The summed E-state index contributed by atoms with van der Waals surface area (Å²) in [5.74, 6) is 0.316. The molecular formula is C18H16N4O. The van der Waals surface area contributed by atoms with Gasteiger partial charge in [0, 0.05) is 33.6 Å². The van der Waals surface area contributed by atoms with Crippen molar-refractivity contribution >= 4 is 28.2 Å². The molecule has 1 aromatic carbocycles. The van der Waals surface area contributed by atoms with Crippen molar-refractivity contribution in [2.24, 2.45) is 0 Å². The van der Waals surface area contributed by atoms with E-state index in [1.165, 1.54) is 5.56 Å². The van der Waals surface area contributed by atoms with Crippen LogP contribution < -0.4 is 0 Å². The zero-order valence-electron chi connectivity index (χ0n) is 12.9. The van der Waals surface area contributed by atoms with E-state index in [1.54, 1.807) is 12.4 Å². The van der Waals surface area contributed by atoms with Crippen LogP contribution in [0.2, 0.25) is 0 Å². The van der Waals surface area contributed by atoms with Gasteiger partial charge in [-0.15, -0.1) is 0 Å². The van der Waals surface area contributed by atoms with Crippen LogP contribution >= 0.6 is 0 Å². The fraction of sp³-hybridized carbons (Fsp3) is 0.167. The molecule has 5 heteroatoms. The second-order valence-electron chi connectivity index (χ2n) is 5.98. The molecule has 0 saturated carbocycles. The van der Waals surface area contributed by atoms with Crippen LogP contribution in [0, 0.1) is 0 Å². The molecule has 5 nitrogen and oxygen atoms in total. The Hall–Kier alpha value is -2.95. The Morgan fingerprint density at radius 3 is 2.83 bits per heavy atom. The molecule has 4 rings (SSSR count).